The Morgan fingerprint density at radius 2 is 2.00 bits per heavy atom. The van der Waals surface area contributed by atoms with Crippen LogP contribution in [0, 0.1) is 5.92 Å². The number of ether oxygens (including phenoxy) is 1. The van der Waals surface area contributed by atoms with Gasteiger partial charge in [-0.1, -0.05) is 66.8 Å². The lowest BCUT2D eigenvalue weighted by Crippen LogP contribution is -2.35. The largest absolute Gasteiger partial charge is 0.395 e. The molecule has 1 saturated heterocycles. The standard InChI is InChI=1S/C29H37N5O3/c1-21(28(37-2)23-13-15-24(16-14-23)31-29(36)26-12-8-17-30-26)9-6-7-18-34-19-27(32-33-34)25(20-35)22-10-4-3-5-11-22/h3-6,9-11,13-16,19,21,25-26,28,30,35H,7-8,12,17-18,20H2,1-2H3,(H,31,36)/b9-6+/t21-,25?,26+,28+/m0/s1. The summed E-state index contributed by atoms with van der Waals surface area (Å²) in [5, 5.41) is 24.6. The second-order valence-corrected chi connectivity index (χ2v) is 9.54. The van der Waals surface area contributed by atoms with Crippen LogP contribution in [0.5, 0.6) is 0 Å². The first kappa shape index (κ1) is 26.7. The van der Waals surface area contributed by atoms with Crippen molar-refractivity contribution in [2.75, 3.05) is 25.6 Å². The number of nitrogens with zero attached hydrogens (tertiary/aromatic N) is 3. The Morgan fingerprint density at radius 1 is 1.22 bits per heavy atom. The van der Waals surface area contributed by atoms with Crippen LogP contribution in [0.3, 0.4) is 0 Å². The molecule has 8 heteroatoms. The Morgan fingerprint density at radius 3 is 2.68 bits per heavy atom. The molecule has 0 radical (unpaired) electrons. The number of rotatable bonds is 12. The number of carbonyl (C=O) groups excluding carboxylic acids is 1. The number of aliphatic hydroxyl groups excluding tert-OH is 1. The van der Waals surface area contributed by atoms with Crippen LogP contribution < -0.4 is 10.6 Å². The molecule has 1 aliphatic heterocycles. The molecule has 8 nitrogen and oxygen atoms in total. The number of aromatic nitrogens is 3. The van der Waals surface area contributed by atoms with Crippen molar-refractivity contribution in [3.63, 3.8) is 0 Å². The summed E-state index contributed by atoms with van der Waals surface area (Å²) in [6, 6.07) is 17.7. The molecule has 1 unspecified atom stereocenters. The second-order valence-electron chi connectivity index (χ2n) is 9.54. The summed E-state index contributed by atoms with van der Waals surface area (Å²) >= 11 is 0. The van der Waals surface area contributed by atoms with Gasteiger partial charge in [-0.2, -0.15) is 0 Å². The molecular formula is C29H37N5O3. The Labute approximate surface area is 218 Å². The lowest BCUT2D eigenvalue weighted by Gasteiger charge is -2.21. The van der Waals surface area contributed by atoms with Crippen molar-refractivity contribution in [2.24, 2.45) is 5.92 Å². The van der Waals surface area contributed by atoms with Crippen molar-refractivity contribution in [2.45, 2.75) is 50.8 Å². The van der Waals surface area contributed by atoms with Gasteiger partial charge in [0.1, 0.15) is 0 Å². The zero-order chi connectivity index (χ0) is 26.0. The third-order valence-electron chi connectivity index (χ3n) is 6.88. The van der Waals surface area contributed by atoms with Gasteiger partial charge < -0.3 is 20.5 Å². The average Bonchev–Trinajstić information content (AvgIpc) is 3.62. The molecule has 0 aliphatic carbocycles. The Hall–Kier alpha value is -3.33. The van der Waals surface area contributed by atoms with Crippen molar-refractivity contribution in [3.8, 4) is 0 Å². The number of hydrogen-bond acceptors (Lipinski definition) is 6. The number of methoxy groups -OCH3 is 1. The lowest BCUT2D eigenvalue weighted by molar-refractivity contribution is -0.117. The van der Waals surface area contributed by atoms with Gasteiger partial charge in [0.05, 0.1) is 30.4 Å². The molecule has 2 aromatic carbocycles. The van der Waals surface area contributed by atoms with E-state index in [1.165, 1.54) is 0 Å². The van der Waals surface area contributed by atoms with Crippen molar-refractivity contribution >= 4 is 11.6 Å². The Balaban J connectivity index is 1.28. The zero-order valence-electron chi connectivity index (χ0n) is 21.6. The fourth-order valence-corrected chi connectivity index (χ4v) is 4.80. The minimum Gasteiger partial charge on any atom is -0.395 e. The van der Waals surface area contributed by atoms with Gasteiger partial charge in [-0.25, -0.2) is 0 Å². The van der Waals surface area contributed by atoms with E-state index in [9.17, 15) is 9.90 Å². The number of nitrogens with one attached hydrogen (secondary N) is 2. The number of amides is 1. The van der Waals surface area contributed by atoms with Crippen LogP contribution in [0.4, 0.5) is 5.69 Å². The summed E-state index contributed by atoms with van der Waals surface area (Å²) < 4.78 is 7.62. The van der Waals surface area contributed by atoms with Gasteiger partial charge in [0, 0.05) is 31.5 Å². The van der Waals surface area contributed by atoms with Crippen LogP contribution in [0.2, 0.25) is 0 Å². The number of aliphatic hydroxyl groups is 1. The molecule has 1 aliphatic rings. The fourth-order valence-electron chi connectivity index (χ4n) is 4.80. The minimum absolute atomic E-state index is 0.0103. The molecule has 0 saturated carbocycles. The SMILES string of the molecule is CO[C@@H](c1ccc(NC(=O)[C@H]2CCCN2)cc1)[C@@H](C)/C=C/CCn1cc(C(CO)c2ccccc2)nn1. The van der Waals surface area contributed by atoms with E-state index in [2.05, 4.69) is 40.0 Å². The zero-order valence-corrected chi connectivity index (χ0v) is 21.6. The first-order valence-electron chi connectivity index (χ1n) is 13.0. The number of aryl methyl sites for hydroxylation is 1. The van der Waals surface area contributed by atoms with Crippen LogP contribution in [0.15, 0.2) is 72.9 Å². The first-order chi connectivity index (χ1) is 18.1. The number of anilines is 1. The first-order valence-corrected chi connectivity index (χ1v) is 13.0. The molecule has 4 atom stereocenters. The van der Waals surface area contributed by atoms with Crippen LogP contribution in [0.25, 0.3) is 0 Å². The van der Waals surface area contributed by atoms with E-state index in [1.807, 2.05) is 65.5 Å². The predicted octanol–water partition coefficient (Wildman–Crippen LogP) is 4.06. The third-order valence-corrected chi connectivity index (χ3v) is 6.88. The molecule has 0 bridgehead atoms. The average molecular weight is 504 g/mol. The van der Waals surface area contributed by atoms with E-state index in [4.69, 9.17) is 4.74 Å². The van der Waals surface area contributed by atoms with Crippen LogP contribution >= 0.6 is 0 Å². The van der Waals surface area contributed by atoms with Crippen molar-refractivity contribution < 1.29 is 14.6 Å². The number of hydrogen-bond donors (Lipinski definition) is 3. The summed E-state index contributed by atoms with van der Waals surface area (Å²) in [7, 11) is 1.72. The summed E-state index contributed by atoms with van der Waals surface area (Å²) in [5.41, 5.74) is 3.65. The molecular weight excluding hydrogens is 466 g/mol. The topological polar surface area (TPSA) is 101 Å². The van der Waals surface area contributed by atoms with Gasteiger partial charge in [-0.3, -0.25) is 9.48 Å². The van der Waals surface area contributed by atoms with E-state index in [1.54, 1.807) is 7.11 Å². The number of benzene rings is 2. The lowest BCUT2D eigenvalue weighted by atomic mass is 9.96. The van der Waals surface area contributed by atoms with Crippen molar-refractivity contribution in [3.05, 3.63) is 89.8 Å². The Bertz CT molecular complexity index is 1140. The summed E-state index contributed by atoms with van der Waals surface area (Å²) in [6.45, 7) is 3.72. The fraction of sp³-hybridized carbons (Fsp3) is 0.414. The molecule has 1 amide bonds. The molecule has 37 heavy (non-hydrogen) atoms. The third kappa shape index (κ3) is 7.13. The van der Waals surface area contributed by atoms with Crippen LogP contribution in [-0.4, -0.2) is 52.3 Å². The molecule has 2 heterocycles. The van der Waals surface area contributed by atoms with E-state index < -0.39 is 0 Å². The van der Waals surface area contributed by atoms with Crippen molar-refractivity contribution in [1.82, 2.24) is 20.3 Å². The van der Waals surface area contributed by atoms with Gasteiger partial charge in [0.2, 0.25) is 5.91 Å². The van der Waals surface area contributed by atoms with E-state index in [-0.39, 0.29) is 36.5 Å². The van der Waals surface area contributed by atoms with E-state index in [0.717, 1.165) is 48.3 Å². The quantitative estimate of drug-likeness (QED) is 0.322. The summed E-state index contributed by atoms with van der Waals surface area (Å²) in [5.74, 6) is 0.0136. The van der Waals surface area contributed by atoms with Crippen LogP contribution in [0.1, 0.15) is 55.0 Å². The molecule has 1 fully saturated rings. The number of carbonyl (C=O) groups is 1. The highest BCUT2D eigenvalue weighted by atomic mass is 16.5. The van der Waals surface area contributed by atoms with Crippen LogP contribution in [-0.2, 0) is 16.1 Å². The molecule has 4 rings (SSSR count). The normalized spacial score (nSPS) is 18.1. The molecule has 196 valence electrons. The number of allylic oxidation sites excluding steroid dienone is 1. The minimum atomic E-state index is -0.174. The monoisotopic (exact) mass is 503 g/mol. The smallest absolute Gasteiger partial charge is 0.241 e. The van der Waals surface area contributed by atoms with E-state index in [0.29, 0.717) is 6.54 Å². The van der Waals surface area contributed by atoms with Gasteiger partial charge in [0.25, 0.3) is 0 Å². The molecule has 3 N–H and O–H groups in total. The highest BCUT2D eigenvalue weighted by molar-refractivity contribution is 5.95. The maximum absolute atomic E-state index is 12.3. The summed E-state index contributed by atoms with van der Waals surface area (Å²) in [6.07, 6.45) is 8.85. The maximum Gasteiger partial charge on any atom is 0.241 e. The second kappa shape index (κ2) is 13.3. The molecule has 0 spiro atoms. The van der Waals surface area contributed by atoms with Crippen molar-refractivity contribution in [1.29, 1.82) is 0 Å². The molecule has 3 aromatic rings. The summed E-state index contributed by atoms with van der Waals surface area (Å²) in [4.78, 5) is 12.3. The molecule has 1 aromatic heterocycles. The predicted molar refractivity (Wildman–Crippen MR) is 144 cm³/mol. The van der Waals surface area contributed by atoms with Gasteiger partial charge in [0.15, 0.2) is 0 Å². The highest BCUT2D eigenvalue weighted by Gasteiger charge is 2.22. The maximum atomic E-state index is 12.3. The highest BCUT2D eigenvalue weighted by Crippen LogP contribution is 2.28. The van der Waals surface area contributed by atoms with E-state index >= 15 is 0 Å². The van der Waals surface area contributed by atoms with Gasteiger partial charge in [-0.15, -0.1) is 5.10 Å². The Kier molecular flexibility index (Phi) is 9.59. The van der Waals surface area contributed by atoms with Gasteiger partial charge >= 0.3 is 0 Å². The van der Waals surface area contributed by atoms with Gasteiger partial charge in [-0.05, 0) is 49.1 Å².